The highest BCUT2D eigenvalue weighted by atomic mass is 79.9. The summed E-state index contributed by atoms with van der Waals surface area (Å²) in [6.07, 6.45) is 0.653. The van der Waals surface area contributed by atoms with E-state index in [1.54, 1.807) is 18.2 Å². The van der Waals surface area contributed by atoms with E-state index in [4.69, 9.17) is 0 Å². The molecule has 0 atom stereocenters. The van der Waals surface area contributed by atoms with Crippen LogP contribution in [-0.4, -0.2) is 9.39 Å². The van der Waals surface area contributed by atoms with Gasteiger partial charge in [0.05, 0.1) is 0 Å². The summed E-state index contributed by atoms with van der Waals surface area (Å²) >= 11 is 5.78. The first-order valence-electron chi connectivity index (χ1n) is 4.09. The molecule has 1 aromatic carbocycles. The molecular weight excluding hydrogens is 312 g/mol. The first-order chi connectivity index (χ1) is 6.57. The lowest BCUT2D eigenvalue weighted by Gasteiger charge is -2.07. The zero-order valence-corrected chi connectivity index (χ0v) is 10.7. The summed E-state index contributed by atoms with van der Waals surface area (Å²) in [6, 6.07) is 5.10. The van der Waals surface area contributed by atoms with Crippen molar-refractivity contribution in [2.24, 2.45) is 0 Å². The van der Waals surface area contributed by atoms with Crippen molar-refractivity contribution in [1.29, 1.82) is 0 Å². The molecule has 0 radical (unpaired) electrons. The molecule has 0 spiro atoms. The summed E-state index contributed by atoms with van der Waals surface area (Å²) in [5.41, 5.74) is 1.88. The zero-order chi connectivity index (χ0) is 10.7. The third-order valence-corrected chi connectivity index (χ3v) is 2.81. The summed E-state index contributed by atoms with van der Waals surface area (Å²) in [7, 11) is 0. The maximum atomic E-state index is 11.2. The molecule has 0 aliphatic carbocycles. The molecule has 0 amide bonds. The second-order valence-corrected chi connectivity index (χ2v) is 4.17. The van der Waals surface area contributed by atoms with Crippen molar-refractivity contribution < 1.29 is 9.59 Å². The third-order valence-electron chi connectivity index (χ3n) is 1.95. The van der Waals surface area contributed by atoms with E-state index in [1.807, 2.05) is 6.92 Å². The minimum absolute atomic E-state index is 0.190. The molecule has 74 valence electrons. The fraction of sp³-hybridized carbons (Fsp3) is 0.200. The van der Waals surface area contributed by atoms with E-state index in [9.17, 15) is 9.59 Å². The molecule has 0 N–H and O–H groups in total. The van der Waals surface area contributed by atoms with Crippen LogP contribution in [0.1, 0.15) is 33.2 Å². The number of carbonyl (C=O) groups excluding carboxylic acids is 2. The maximum Gasteiger partial charge on any atom is 0.228 e. The van der Waals surface area contributed by atoms with Crippen LogP contribution in [-0.2, 0) is 6.42 Å². The van der Waals surface area contributed by atoms with Crippen molar-refractivity contribution in [3.63, 3.8) is 0 Å². The highest BCUT2D eigenvalue weighted by Gasteiger charge is 2.14. The molecule has 1 rings (SSSR count). The van der Waals surface area contributed by atoms with Gasteiger partial charge in [0.2, 0.25) is 9.39 Å². The fourth-order valence-electron chi connectivity index (χ4n) is 1.34. The summed E-state index contributed by atoms with van der Waals surface area (Å²) in [6.45, 7) is 1.91. The summed E-state index contributed by atoms with van der Waals surface area (Å²) in [5, 5.41) is 0. The monoisotopic (exact) mass is 318 g/mol. The van der Waals surface area contributed by atoms with Gasteiger partial charge in [-0.15, -0.1) is 0 Å². The van der Waals surface area contributed by atoms with Gasteiger partial charge >= 0.3 is 0 Å². The van der Waals surface area contributed by atoms with E-state index in [1.165, 1.54) is 0 Å². The molecule has 14 heavy (non-hydrogen) atoms. The summed E-state index contributed by atoms with van der Waals surface area (Å²) in [5.74, 6) is 0. The number of rotatable bonds is 3. The minimum Gasteiger partial charge on any atom is -0.281 e. The van der Waals surface area contributed by atoms with E-state index in [0.29, 0.717) is 17.5 Å². The van der Waals surface area contributed by atoms with Crippen LogP contribution in [0.2, 0.25) is 0 Å². The second-order valence-electron chi connectivity index (χ2n) is 2.73. The van der Waals surface area contributed by atoms with Gasteiger partial charge in [-0.05, 0) is 43.8 Å². The van der Waals surface area contributed by atoms with E-state index in [0.717, 1.165) is 5.56 Å². The minimum atomic E-state index is -0.190. The Kier molecular flexibility index (Phi) is 4.01. The molecule has 4 heteroatoms. The normalized spacial score (nSPS) is 9.93. The fourth-order valence-corrected chi connectivity index (χ4v) is 2.08. The van der Waals surface area contributed by atoms with Gasteiger partial charge in [-0.25, -0.2) is 0 Å². The predicted octanol–water partition coefficient (Wildman–Crippen LogP) is 3.32. The highest BCUT2D eigenvalue weighted by Crippen LogP contribution is 2.20. The Labute approximate surface area is 98.9 Å². The highest BCUT2D eigenvalue weighted by molar-refractivity contribution is 9.18. The first-order valence-corrected chi connectivity index (χ1v) is 5.68. The average molecular weight is 320 g/mol. The number of benzene rings is 1. The standard InChI is InChI=1S/C10H8Br2O2/c1-2-6-7(9(11)13)4-3-5-8(6)10(12)14/h3-5H,2H2,1H3. The SMILES string of the molecule is CCc1c(C(=O)Br)cccc1C(=O)Br. The van der Waals surface area contributed by atoms with E-state index in [-0.39, 0.29) is 9.39 Å². The van der Waals surface area contributed by atoms with Crippen molar-refractivity contribution in [2.45, 2.75) is 13.3 Å². The van der Waals surface area contributed by atoms with Gasteiger partial charge in [-0.3, -0.25) is 9.59 Å². The smallest absolute Gasteiger partial charge is 0.228 e. The number of carbonyl (C=O) groups is 2. The van der Waals surface area contributed by atoms with Crippen molar-refractivity contribution in [1.82, 2.24) is 0 Å². The van der Waals surface area contributed by atoms with Gasteiger partial charge in [0.25, 0.3) is 0 Å². The zero-order valence-electron chi connectivity index (χ0n) is 7.51. The first kappa shape index (κ1) is 11.6. The largest absolute Gasteiger partial charge is 0.281 e. The molecule has 2 nitrogen and oxygen atoms in total. The van der Waals surface area contributed by atoms with Crippen LogP contribution in [0, 0.1) is 0 Å². The number of hydrogen-bond donors (Lipinski definition) is 0. The average Bonchev–Trinajstić information content (AvgIpc) is 2.16. The second kappa shape index (κ2) is 4.84. The molecule has 0 aliphatic heterocycles. The van der Waals surface area contributed by atoms with Gasteiger partial charge in [-0.2, -0.15) is 0 Å². The Morgan fingerprint density at radius 1 is 1.14 bits per heavy atom. The van der Waals surface area contributed by atoms with Gasteiger partial charge in [0, 0.05) is 11.1 Å². The van der Waals surface area contributed by atoms with Gasteiger partial charge < -0.3 is 0 Å². The molecule has 1 aromatic rings. The summed E-state index contributed by atoms with van der Waals surface area (Å²) in [4.78, 5) is 22.4. The Bertz CT molecular complexity index is 353. The van der Waals surface area contributed by atoms with Crippen LogP contribution in [0.25, 0.3) is 0 Å². The molecule has 0 aromatic heterocycles. The molecule has 0 heterocycles. The molecule has 0 fully saturated rings. The van der Waals surface area contributed by atoms with Crippen molar-refractivity contribution >= 4 is 41.2 Å². The predicted molar refractivity (Wildman–Crippen MR) is 62.3 cm³/mol. The Morgan fingerprint density at radius 3 is 1.86 bits per heavy atom. The maximum absolute atomic E-state index is 11.2. The van der Waals surface area contributed by atoms with E-state index in [2.05, 4.69) is 31.9 Å². The lowest BCUT2D eigenvalue weighted by Crippen LogP contribution is -2.03. The van der Waals surface area contributed by atoms with Gasteiger partial charge in [0.1, 0.15) is 0 Å². The van der Waals surface area contributed by atoms with E-state index >= 15 is 0 Å². The van der Waals surface area contributed by atoms with Crippen molar-refractivity contribution in [2.75, 3.05) is 0 Å². The Hall–Kier alpha value is -0.480. The van der Waals surface area contributed by atoms with Crippen LogP contribution in [0.5, 0.6) is 0 Å². The van der Waals surface area contributed by atoms with Crippen molar-refractivity contribution in [3.05, 3.63) is 34.9 Å². The number of hydrogen-bond acceptors (Lipinski definition) is 2. The molecule has 0 saturated carbocycles. The van der Waals surface area contributed by atoms with Crippen LogP contribution in [0.15, 0.2) is 18.2 Å². The van der Waals surface area contributed by atoms with Gasteiger partial charge in [0.15, 0.2) is 0 Å². The Morgan fingerprint density at radius 2 is 1.57 bits per heavy atom. The molecule has 0 unspecified atom stereocenters. The lowest BCUT2D eigenvalue weighted by molar-refractivity contribution is 0.109. The van der Waals surface area contributed by atoms with Gasteiger partial charge in [-0.1, -0.05) is 25.1 Å². The summed E-state index contributed by atoms with van der Waals surface area (Å²) < 4.78 is -0.380. The van der Waals surface area contributed by atoms with Crippen LogP contribution >= 0.6 is 31.9 Å². The molecule has 0 aliphatic rings. The van der Waals surface area contributed by atoms with Crippen LogP contribution < -0.4 is 0 Å². The Balaban J connectivity index is 3.39. The van der Waals surface area contributed by atoms with Crippen molar-refractivity contribution in [3.8, 4) is 0 Å². The molecule has 0 saturated heterocycles. The van der Waals surface area contributed by atoms with E-state index < -0.39 is 0 Å². The lowest BCUT2D eigenvalue weighted by atomic mass is 10.0. The van der Waals surface area contributed by atoms with Crippen LogP contribution in [0.3, 0.4) is 0 Å². The quantitative estimate of drug-likeness (QED) is 0.801. The van der Waals surface area contributed by atoms with Crippen LogP contribution in [0.4, 0.5) is 0 Å². The molecule has 0 bridgehead atoms. The number of halogens is 2. The molecular formula is C10H8Br2O2. The topological polar surface area (TPSA) is 34.1 Å². The third kappa shape index (κ3) is 2.30.